The van der Waals surface area contributed by atoms with Crippen molar-refractivity contribution in [2.24, 2.45) is 0 Å². The predicted octanol–water partition coefficient (Wildman–Crippen LogP) is 5.70. The van der Waals surface area contributed by atoms with Gasteiger partial charge in [0.1, 0.15) is 0 Å². The molecule has 3 heterocycles. The number of anilines is 1. The minimum absolute atomic E-state index is 0.0746. The Morgan fingerprint density at radius 2 is 2.08 bits per heavy atom. The van der Waals surface area contributed by atoms with Crippen molar-refractivity contribution in [2.75, 3.05) is 18.4 Å². The Morgan fingerprint density at radius 3 is 2.85 bits per heavy atom. The topological polar surface area (TPSA) is 32.3 Å². The van der Waals surface area contributed by atoms with Crippen molar-refractivity contribution in [1.82, 2.24) is 4.90 Å². The Morgan fingerprint density at radius 1 is 1.19 bits per heavy atom. The van der Waals surface area contributed by atoms with Crippen LogP contribution in [0.25, 0.3) is 0 Å². The highest BCUT2D eigenvalue weighted by atomic mass is 35.5. The van der Waals surface area contributed by atoms with E-state index < -0.39 is 0 Å². The van der Waals surface area contributed by atoms with Crippen molar-refractivity contribution >= 4 is 57.5 Å². The Kier molecular flexibility index (Phi) is 5.34. The first kappa shape index (κ1) is 18.0. The van der Waals surface area contributed by atoms with Crippen LogP contribution in [0.2, 0.25) is 10.0 Å². The zero-order valence-corrected chi connectivity index (χ0v) is 16.9. The molecule has 1 amide bonds. The van der Waals surface area contributed by atoms with E-state index in [1.54, 1.807) is 40.9 Å². The van der Waals surface area contributed by atoms with Crippen LogP contribution in [0.15, 0.2) is 47.2 Å². The van der Waals surface area contributed by atoms with Gasteiger partial charge in [0.15, 0.2) is 0 Å². The SMILES string of the molecule is O=C(CN1CCc2sccc2[C@@H]1c1cccs1)Nc1ccc(Cl)cc1Cl. The van der Waals surface area contributed by atoms with Crippen molar-refractivity contribution in [3.63, 3.8) is 0 Å². The van der Waals surface area contributed by atoms with Gasteiger partial charge in [-0.3, -0.25) is 9.69 Å². The van der Waals surface area contributed by atoms with Gasteiger partial charge in [0.25, 0.3) is 0 Å². The summed E-state index contributed by atoms with van der Waals surface area (Å²) in [6, 6.07) is 11.6. The summed E-state index contributed by atoms with van der Waals surface area (Å²) in [6.07, 6.45) is 0.976. The molecule has 0 saturated heterocycles. The molecular weight excluding hydrogens is 407 g/mol. The molecule has 0 radical (unpaired) electrons. The molecule has 0 aliphatic carbocycles. The molecule has 0 saturated carbocycles. The highest BCUT2D eigenvalue weighted by Crippen LogP contribution is 2.39. The largest absolute Gasteiger partial charge is 0.324 e. The van der Waals surface area contributed by atoms with E-state index in [1.807, 2.05) is 0 Å². The van der Waals surface area contributed by atoms with Gasteiger partial charge in [-0.25, -0.2) is 0 Å². The second-order valence-electron chi connectivity index (χ2n) is 6.11. The lowest BCUT2D eigenvalue weighted by Crippen LogP contribution is -2.40. The second-order valence-corrected chi connectivity index (χ2v) is 8.93. The molecule has 134 valence electrons. The fourth-order valence-electron chi connectivity index (χ4n) is 3.28. The van der Waals surface area contributed by atoms with Crippen molar-refractivity contribution in [3.05, 3.63) is 72.5 Å². The number of hydrogen-bond donors (Lipinski definition) is 1. The molecule has 7 heteroatoms. The highest BCUT2D eigenvalue weighted by Gasteiger charge is 2.31. The number of carbonyl (C=O) groups excluding carboxylic acids is 1. The summed E-state index contributed by atoms with van der Waals surface area (Å²) in [5.41, 5.74) is 1.91. The lowest BCUT2D eigenvalue weighted by molar-refractivity contribution is -0.117. The quantitative estimate of drug-likeness (QED) is 0.584. The van der Waals surface area contributed by atoms with E-state index in [-0.39, 0.29) is 11.9 Å². The number of rotatable bonds is 4. The van der Waals surface area contributed by atoms with Crippen LogP contribution in [0.4, 0.5) is 5.69 Å². The lowest BCUT2D eigenvalue weighted by atomic mass is 9.98. The van der Waals surface area contributed by atoms with E-state index in [0.29, 0.717) is 22.3 Å². The van der Waals surface area contributed by atoms with Crippen LogP contribution in [-0.4, -0.2) is 23.9 Å². The molecule has 0 spiro atoms. The first-order chi connectivity index (χ1) is 12.6. The first-order valence-electron chi connectivity index (χ1n) is 8.20. The lowest BCUT2D eigenvalue weighted by Gasteiger charge is -2.34. The Hall–Kier alpha value is -1.37. The van der Waals surface area contributed by atoms with Gasteiger partial charge in [-0.2, -0.15) is 0 Å². The molecule has 2 aromatic heterocycles. The van der Waals surface area contributed by atoms with Gasteiger partial charge in [-0.1, -0.05) is 29.3 Å². The summed E-state index contributed by atoms with van der Waals surface area (Å²) in [6.45, 7) is 1.18. The number of nitrogens with one attached hydrogen (secondary N) is 1. The normalized spacial score (nSPS) is 17.1. The van der Waals surface area contributed by atoms with Crippen LogP contribution in [0.5, 0.6) is 0 Å². The molecule has 0 bridgehead atoms. The van der Waals surface area contributed by atoms with Gasteiger partial charge in [-0.15, -0.1) is 22.7 Å². The van der Waals surface area contributed by atoms with Crippen LogP contribution < -0.4 is 5.32 Å². The molecule has 3 nitrogen and oxygen atoms in total. The summed E-state index contributed by atoms with van der Waals surface area (Å²) in [5.74, 6) is -0.0746. The molecule has 1 N–H and O–H groups in total. The van der Waals surface area contributed by atoms with Crippen molar-refractivity contribution in [2.45, 2.75) is 12.5 Å². The van der Waals surface area contributed by atoms with Crippen LogP contribution in [0, 0.1) is 0 Å². The average Bonchev–Trinajstić information content (AvgIpc) is 3.28. The molecular formula is C19H16Cl2N2OS2. The van der Waals surface area contributed by atoms with E-state index in [4.69, 9.17) is 23.2 Å². The summed E-state index contributed by atoms with van der Waals surface area (Å²) >= 11 is 15.6. The summed E-state index contributed by atoms with van der Waals surface area (Å²) in [5, 5.41) is 8.12. The molecule has 0 fully saturated rings. The molecule has 1 aliphatic rings. The van der Waals surface area contributed by atoms with E-state index in [9.17, 15) is 4.79 Å². The second kappa shape index (κ2) is 7.71. The van der Waals surface area contributed by atoms with Gasteiger partial charge in [-0.05, 0) is 53.1 Å². The number of halogens is 2. The maximum absolute atomic E-state index is 12.6. The molecule has 26 heavy (non-hydrogen) atoms. The number of nitrogens with zero attached hydrogens (tertiary/aromatic N) is 1. The number of benzene rings is 1. The summed E-state index contributed by atoms with van der Waals surface area (Å²) < 4.78 is 0. The van der Waals surface area contributed by atoms with Gasteiger partial charge < -0.3 is 5.32 Å². The number of thiophene rings is 2. The molecule has 1 aliphatic heterocycles. The van der Waals surface area contributed by atoms with E-state index in [2.05, 4.69) is 39.2 Å². The predicted molar refractivity (Wildman–Crippen MR) is 111 cm³/mol. The smallest absolute Gasteiger partial charge is 0.238 e. The number of fused-ring (bicyclic) bond motifs is 1. The van der Waals surface area contributed by atoms with Gasteiger partial charge >= 0.3 is 0 Å². The van der Waals surface area contributed by atoms with E-state index in [0.717, 1.165) is 13.0 Å². The third-order valence-electron chi connectivity index (χ3n) is 4.43. The monoisotopic (exact) mass is 422 g/mol. The van der Waals surface area contributed by atoms with Crippen molar-refractivity contribution in [1.29, 1.82) is 0 Å². The highest BCUT2D eigenvalue weighted by molar-refractivity contribution is 7.10. The number of carbonyl (C=O) groups is 1. The molecule has 1 atom stereocenters. The fraction of sp³-hybridized carbons (Fsp3) is 0.211. The molecule has 0 unspecified atom stereocenters. The standard InChI is InChI=1S/C19H16Cl2N2OS2/c20-12-3-4-15(14(21)10-12)22-18(24)11-23-7-5-16-13(6-9-26-16)19(23)17-2-1-8-25-17/h1-4,6,8-10,19H,5,7,11H2,(H,22,24)/t19-/m1/s1. The summed E-state index contributed by atoms with van der Waals surface area (Å²) in [7, 11) is 0. The van der Waals surface area contributed by atoms with Crippen molar-refractivity contribution < 1.29 is 4.79 Å². The Balaban J connectivity index is 1.54. The summed E-state index contributed by atoms with van der Waals surface area (Å²) in [4.78, 5) is 17.6. The van der Waals surface area contributed by atoms with E-state index in [1.165, 1.54) is 15.3 Å². The van der Waals surface area contributed by atoms with E-state index >= 15 is 0 Å². The Bertz CT molecular complexity index is 924. The van der Waals surface area contributed by atoms with Crippen molar-refractivity contribution in [3.8, 4) is 0 Å². The minimum atomic E-state index is -0.0746. The third kappa shape index (κ3) is 3.68. The fourth-order valence-corrected chi connectivity index (χ4v) is 5.52. The van der Waals surface area contributed by atoms with Crippen LogP contribution in [-0.2, 0) is 11.2 Å². The number of hydrogen-bond acceptors (Lipinski definition) is 4. The molecule has 4 rings (SSSR count). The number of amides is 1. The minimum Gasteiger partial charge on any atom is -0.324 e. The van der Waals surface area contributed by atoms with Crippen LogP contribution in [0.1, 0.15) is 21.4 Å². The van der Waals surface area contributed by atoms with Gasteiger partial charge in [0, 0.05) is 21.3 Å². The molecule has 3 aromatic rings. The van der Waals surface area contributed by atoms with Crippen LogP contribution in [0.3, 0.4) is 0 Å². The van der Waals surface area contributed by atoms with Gasteiger partial charge in [0.2, 0.25) is 5.91 Å². The first-order valence-corrected chi connectivity index (χ1v) is 10.7. The maximum Gasteiger partial charge on any atom is 0.238 e. The maximum atomic E-state index is 12.6. The zero-order valence-electron chi connectivity index (χ0n) is 13.7. The average molecular weight is 423 g/mol. The Labute approximate surface area is 170 Å². The third-order valence-corrected chi connectivity index (χ3v) is 6.90. The van der Waals surface area contributed by atoms with Gasteiger partial charge in [0.05, 0.1) is 23.3 Å². The molecule has 1 aromatic carbocycles. The van der Waals surface area contributed by atoms with Crippen LogP contribution >= 0.6 is 45.9 Å². The zero-order chi connectivity index (χ0) is 18.1.